The Bertz CT molecular complexity index is 3070. The summed E-state index contributed by atoms with van der Waals surface area (Å²) < 4.78 is 56.6. The highest BCUT2D eigenvalue weighted by Gasteiger charge is 2.39. The lowest BCUT2D eigenvalue weighted by Gasteiger charge is -2.09. The van der Waals surface area contributed by atoms with Crippen LogP contribution < -0.4 is 9.47 Å². The zero-order valence-corrected chi connectivity index (χ0v) is 52.4. The van der Waals surface area contributed by atoms with Crippen LogP contribution in [0, 0.1) is 0 Å². The maximum atomic E-state index is 14.1. The molecule has 0 radical (unpaired) electrons. The third-order valence-corrected chi connectivity index (χ3v) is 21.1. The molecular formula is C68H90F3NO4S4. The topological polar surface area (TPSA) is 60.7 Å². The highest BCUT2D eigenvalue weighted by atomic mass is 32.1. The van der Waals surface area contributed by atoms with E-state index in [2.05, 4.69) is 81.7 Å². The van der Waals surface area contributed by atoms with Crippen LogP contribution in [-0.2, 0) is 37.0 Å². The second-order valence-electron chi connectivity index (χ2n) is 22.0. The van der Waals surface area contributed by atoms with E-state index >= 15 is 0 Å². The van der Waals surface area contributed by atoms with Crippen molar-refractivity contribution in [2.24, 2.45) is 0 Å². The SMILES string of the molecule is CCCCCCCCc1cc(-c2sc(-c3sc(-c4sc(/C=C(/C(=O)O)C(F)(F)F)cc4CCCCCCCC)cc3CCCCCCCC)cc2CCCCCCCC)sc1-c1ccc2c(c1)c1cc(OC)cc(OC)c1n2CC. The number of aromatic nitrogens is 1. The molecule has 1 N–H and O–H groups in total. The van der Waals surface area contributed by atoms with Gasteiger partial charge in [-0.25, -0.2) is 4.79 Å². The van der Waals surface area contributed by atoms with Crippen molar-refractivity contribution < 1.29 is 32.5 Å². The molecule has 7 aromatic rings. The molecular weight excluding hydrogens is 1080 g/mol. The minimum atomic E-state index is -4.97. The third kappa shape index (κ3) is 16.7. The summed E-state index contributed by atoms with van der Waals surface area (Å²) >= 11 is 6.95. The minimum absolute atomic E-state index is 0.336. The number of alkyl halides is 3. The van der Waals surface area contributed by atoms with Gasteiger partial charge in [0.2, 0.25) is 0 Å². The van der Waals surface area contributed by atoms with E-state index in [0.29, 0.717) is 4.88 Å². The fourth-order valence-corrected chi connectivity index (χ4v) is 16.7. The van der Waals surface area contributed by atoms with Gasteiger partial charge in [-0.05, 0) is 135 Å². The van der Waals surface area contributed by atoms with Crippen LogP contribution in [0.25, 0.3) is 67.6 Å². The molecule has 0 aliphatic carbocycles. The summed E-state index contributed by atoms with van der Waals surface area (Å²) in [5.41, 5.74) is 7.10. The first-order valence-electron chi connectivity index (χ1n) is 30.6. The number of aliphatic carboxylic acids is 1. The number of methoxy groups -OCH3 is 2. The van der Waals surface area contributed by atoms with Crippen molar-refractivity contribution in [2.45, 2.75) is 227 Å². The average molecular weight is 1170 g/mol. The van der Waals surface area contributed by atoms with Gasteiger partial charge in [0.15, 0.2) is 0 Å². The van der Waals surface area contributed by atoms with E-state index in [1.807, 2.05) is 34.8 Å². The van der Waals surface area contributed by atoms with Crippen molar-refractivity contribution in [2.75, 3.05) is 14.2 Å². The van der Waals surface area contributed by atoms with E-state index in [9.17, 15) is 23.1 Å². The lowest BCUT2D eigenvalue weighted by molar-refractivity contribution is -0.144. The number of carbonyl (C=O) groups is 1. The van der Waals surface area contributed by atoms with E-state index in [1.165, 1.54) is 172 Å². The summed E-state index contributed by atoms with van der Waals surface area (Å²) in [5.74, 6) is -0.370. The highest BCUT2D eigenvalue weighted by molar-refractivity contribution is 7.29. The molecule has 0 bridgehead atoms. The molecule has 0 fully saturated rings. The third-order valence-electron chi connectivity index (χ3n) is 15.9. The van der Waals surface area contributed by atoms with E-state index in [4.69, 9.17) is 9.47 Å². The molecule has 2 aromatic carbocycles. The zero-order valence-electron chi connectivity index (χ0n) is 49.2. The lowest BCUT2D eigenvalue weighted by atomic mass is 10.00. The number of hydrogen-bond acceptors (Lipinski definition) is 7. The summed E-state index contributed by atoms with van der Waals surface area (Å²) in [6.07, 6.45) is 28.1. The molecule has 0 amide bonds. The van der Waals surface area contributed by atoms with Gasteiger partial charge < -0.3 is 19.1 Å². The number of aryl methyl sites for hydroxylation is 5. The molecule has 12 heteroatoms. The van der Waals surface area contributed by atoms with Crippen molar-refractivity contribution in [3.8, 4) is 51.2 Å². The molecule has 0 atom stereocenters. The Balaban J connectivity index is 1.36. The van der Waals surface area contributed by atoms with Gasteiger partial charge >= 0.3 is 12.1 Å². The van der Waals surface area contributed by atoms with Crippen molar-refractivity contribution in [3.63, 3.8) is 0 Å². The van der Waals surface area contributed by atoms with Crippen LogP contribution in [0.5, 0.6) is 11.5 Å². The Morgan fingerprint density at radius 2 is 0.938 bits per heavy atom. The first kappa shape index (κ1) is 63.2. The summed E-state index contributed by atoms with van der Waals surface area (Å²) in [4.78, 5) is 20.9. The number of carboxylic acid groups (broad SMARTS) is 1. The summed E-state index contributed by atoms with van der Waals surface area (Å²) in [6.45, 7) is 12.0. The molecule has 0 unspecified atom stereocenters. The molecule has 5 nitrogen and oxygen atoms in total. The largest absolute Gasteiger partial charge is 0.497 e. The Morgan fingerprint density at radius 3 is 1.36 bits per heavy atom. The van der Waals surface area contributed by atoms with Gasteiger partial charge in [-0.15, -0.1) is 45.3 Å². The van der Waals surface area contributed by atoms with Crippen molar-refractivity contribution in [3.05, 3.63) is 87.3 Å². The second kappa shape index (κ2) is 31.9. The number of halogens is 3. The minimum Gasteiger partial charge on any atom is -0.497 e. The lowest BCUT2D eigenvalue weighted by Crippen LogP contribution is -2.19. The number of carboxylic acids is 1. The second-order valence-corrected chi connectivity index (χ2v) is 26.3. The predicted octanol–water partition coefficient (Wildman–Crippen LogP) is 23.4. The standard InChI is InChI=1S/C68H90F3NO4S4/c1-8-13-17-21-25-29-33-47-39-53(46-56(67(73)74)68(69,70)71)77-64(47)59-42-49(35-31-27-23-19-15-10-3)66(79-59)61-43-50(36-32-28-24-20-16-11-4)65(80-61)60-41-48(34-30-26-22-18-14-9-2)63(78-60)51-37-38-57-54(40-51)55-44-52(75-6)45-58(76-7)62(55)72(57)12-5/h37-46H,8-36H2,1-7H3,(H,73,74)/b56-46-. The van der Waals surface area contributed by atoms with E-state index in [-0.39, 0.29) is 0 Å². The van der Waals surface area contributed by atoms with Crippen LogP contribution in [0.3, 0.4) is 0 Å². The summed E-state index contributed by atoms with van der Waals surface area (Å²) in [7, 11) is 3.45. The molecule has 5 heterocycles. The smallest absolute Gasteiger partial charge is 0.423 e. The Labute approximate surface area is 493 Å². The number of rotatable bonds is 37. The van der Waals surface area contributed by atoms with Crippen LogP contribution in [0.2, 0.25) is 0 Å². The van der Waals surface area contributed by atoms with Gasteiger partial charge in [0, 0.05) is 67.9 Å². The monoisotopic (exact) mass is 1170 g/mol. The number of hydrogen-bond donors (Lipinski definition) is 1. The molecule has 0 saturated heterocycles. The number of nitrogens with zero attached hydrogens (tertiary/aromatic N) is 1. The van der Waals surface area contributed by atoms with Crippen molar-refractivity contribution >= 4 is 79.2 Å². The number of ether oxygens (including phenoxy) is 2. The van der Waals surface area contributed by atoms with Gasteiger partial charge in [-0.2, -0.15) is 13.2 Å². The zero-order chi connectivity index (χ0) is 57.0. The molecule has 0 saturated carbocycles. The number of fused-ring (bicyclic) bond motifs is 3. The molecule has 80 heavy (non-hydrogen) atoms. The van der Waals surface area contributed by atoms with Crippen LogP contribution in [0.1, 0.15) is 216 Å². The van der Waals surface area contributed by atoms with Crippen molar-refractivity contribution in [1.29, 1.82) is 0 Å². The fourth-order valence-electron chi connectivity index (χ4n) is 11.5. The first-order valence-corrected chi connectivity index (χ1v) is 33.9. The van der Waals surface area contributed by atoms with Crippen LogP contribution in [0.4, 0.5) is 13.2 Å². The predicted molar refractivity (Wildman–Crippen MR) is 341 cm³/mol. The fraction of sp³-hybridized carbons (Fsp3) is 0.544. The van der Waals surface area contributed by atoms with Gasteiger partial charge in [-0.3, -0.25) is 0 Å². The summed E-state index contributed by atoms with van der Waals surface area (Å²) in [6, 6.07) is 20.4. The molecule has 5 aromatic heterocycles. The molecule has 0 aliphatic rings. The Hall–Kier alpha value is -4.36. The van der Waals surface area contributed by atoms with Gasteiger partial charge in [0.1, 0.15) is 17.1 Å². The molecule has 7 rings (SSSR count). The molecule has 0 aliphatic heterocycles. The molecule has 436 valence electrons. The summed E-state index contributed by atoms with van der Waals surface area (Å²) in [5, 5.41) is 12.0. The number of thiophene rings is 4. The van der Waals surface area contributed by atoms with Crippen LogP contribution in [-0.4, -0.2) is 36.0 Å². The number of benzene rings is 2. The highest BCUT2D eigenvalue weighted by Crippen LogP contribution is 2.51. The average Bonchev–Trinajstić information content (AvgIpc) is 4.37. The van der Waals surface area contributed by atoms with Gasteiger partial charge in [0.05, 0.1) is 19.7 Å². The van der Waals surface area contributed by atoms with Gasteiger partial charge in [0.25, 0.3) is 0 Å². The van der Waals surface area contributed by atoms with Gasteiger partial charge in [-0.1, -0.05) is 162 Å². The van der Waals surface area contributed by atoms with Crippen molar-refractivity contribution in [1.82, 2.24) is 4.57 Å². The first-order chi connectivity index (χ1) is 38.9. The normalized spacial score (nSPS) is 12.2. The maximum Gasteiger partial charge on any atom is 0.423 e. The van der Waals surface area contributed by atoms with Crippen LogP contribution in [0.15, 0.2) is 60.2 Å². The Kier molecular flexibility index (Phi) is 25.2. The van der Waals surface area contributed by atoms with Crippen LogP contribution >= 0.6 is 45.3 Å². The Morgan fingerprint density at radius 1 is 0.512 bits per heavy atom. The molecule has 0 spiro atoms. The van der Waals surface area contributed by atoms with E-state index in [0.717, 1.165) is 127 Å². The quantitative estimate of drug-likeness (QED) is 0.0311. The van der Waals surface area contributed by atoms with E-state index in [1.54, 1.807) is 25.6 Å². The van der Waals surface area contributed by atoms with E-state index < -0.39 is 17.7 Å². The maximum absolute atomic E-state index is 14.1. The number of unbranched alkanes of at least 4 members (excludes halogenated alkanes) is 20.